The van der Waals surface area contributed by atoms with Crippen LogP contribution in [-0.4, -0.2) is 0 Å². The monoisotopic (exact) mass is 590 g/mol. The van der Waals surface area contributed by atoms with Gasteiger partial charge in [0.2, 0.25) is 0 Å². The van der Waals surface area contributed by atoms with Crippen LogP contribution in [0.25, 0.3) is 76.5 Å². The summed E-state index contributed by atoms with van der Waals surface area (Å²) >= 11 is 0. The molecule has 8 aromatic carbocycles. The van der Waals surface area contributed by atoms with Gasteiger partial charge in [-0.1, -0.05) is 166 Å². The van der Waals surface area contributed by atoms with Gasteiger partial charge in [0.05, 0.1) is 0 Å². The molecule has 0 aromatic heterocycles. The van der Waals surface area contributed by atoms with E-state index in [0.29, 0.717) is 0 Å². The van der Waals surface area contributed by atoms with Crippen LogP contribution in [0.1, 0.15) is 38.2 Å². The molecule has 46 heavy (non-hydrogen) atoms. The van der Waals surface area contributed by atoms with Crippen molar-refractivity contribution >= 4 is 43.1 Å². The van der Waals surface area contributed by atoms with Gasteiger partial charge in [-0.25, -0.2) is 0 Å². The van der Waals surface area contributed by atoms with E-state index in [1.807, 2.05) is 0 Å². The van der Waals surface area contributed by atoms with Gasteiger partial charge in [-0.15, -0.1) is 0 Å². The van der Waals surface area contributed by atoms with Gasteiger partial charge in [-0.05, 0) is 107 Å². The zero-order valence-electron chi connectivity index (χ0n) is 26.5. The summed E-state index contributed by atoms with van der Waals surface area (Å²) in [6.07, 6.45) is 6.36. The molecular formula is C46H38. The average molecular weight is 591 g/mol. The maximum absolute atomic E-state index is 2.43. The van der Waals surface area contributed by atoms with E-state index in [1.165, 1.54) is 108 Å². The van der Waals surface area contributed by atoms with Crippen LogP contribution in [0.4, 0.5) is 0 Å². The fraction of sp³-hybridized carbons (Fsp3) is 0.130. The van der Waals surface area contributed by atoms with Crippen LogP contribution in [0.15, 0.2) is 152 Å². The topological polar surface area (TPSA) is 0 Å². The Balaban J connectivity index is 1.30. The van der Waals surface area contributed by atoms with E-state index in [4.69, 9.17) is 0 Å². The number of hydrogen-bond acceptors (Lipinski definition) is 0. The largest absolute Gasteiger partial charge is 0.0654 e. The van der Waals surface area contributed by atoms with E-state index >= 15 is 0 Å². The predicted molar refractivity (Wildman–Crippen MR) is 201 cm³/mol. The lowest BCUT2D eigenvalue weighted by Crippen LogP contribution is -1.91. The van der Waals surface area contributed by atoms with Crippen LogP contribution in [0.2, 0.25) is 0 Å². The van der Waals surface area contributed by atoms with E-state index in [0.717, 1.165) is 6.42 Å². The van der Waals surface area contributed by atoms with E-state index < -0.39 is 0 Å². The molecule has 0 fully saturated rings. The quantitative estimate of drug-likeness (QED) is 0.0938. The Morgan fingerprint density at radius 2 is 0.913 bits per heavy atom. The molecule has 0 saturated heterocycles. The fourth-order valence-corrected chi connectivity index (χ4v) is 7.46. The zero-order chi connectivity index (χ0) is 30.9. The van der Waals surface area contributed by atoms with E-state index in [1.54, 1.807) is 0 Å². The first-order valence-corrected chi connectivity index (χ1v) is 16.8. The van der Waals surface area contributed by atoms with Gasteiger partial charge in [-0.3, -0.25) is 0 Å². The summed E-state index contributed by atoms with van der Waals surface area (Å²) in [6.45, 7) is 2.27. The number of hydrogen-bond donors (Lipinski definition) is 0. The summed E-state index contributed by atoms with van der Waals surface area (Å²) in [5, 5.41) is 10.3. The summed E-state index contributed by atoms with van der Waals surface area (Å²) in [6, 6.07) is 56.4. The van der Waals surface area contributed by atoms with Crippen molar-refractivity contribution in [3.8, 4) is 33.4 Å². The van der Waals surface area contributed by atoms with Gasteiger partial charge in [0.25, 0.3) is 0 Å². The van der Waals surface area contributed by atoms with Gasteiger partial charge in [0.1, 0.15) is 0 Å². The summed E-state index contributed by atoms with van der Waals surface area (Å²) in [7, 11) is 0. The molecule has 0 N–H and O–H groups in total. The summed E-state index contributed by atoms with van der Waals surface area (Å²) in [4.78, 5) is 0. The Kier molecular flexibility index (Phi) is 7.56. The third-order valence-corrected chi connectivity index (χ3v) is 9.73. The molecule has 0 radical (unpaired) electrons. The number of unbranched alkanes of at least 4 members (excludes halogenated alkanes) is 3. The molecule has 0 aliphatic heterocycles. The molecule has 0 bridgehead atoms. The Bertz CT molecular complexity index is 2270. The highest BCUT2D eigenvalue weighted by molar-refractivity contribution is 6.22. The van der Waals surface area contributed by atoms with E-state index in [2.05, 4.69) is 159 Å². The van der Waals surface area contributed by atoms with Crippen molar-refractivity contribution in [3.63, 3.8) is 0 Å². The highest BCUT2D eigenvalue weighted by Crippen LogP contribution is 2.45. The molecule has 0 heterocycles. The second kappa shape index (κ2) is 12.3. The zero-order valence-corrected chi connectivity index (χ0v) is 26.5. The van der Waals surface area contributed by atoms with Crippen LogP contribution in [0.3, 0.4) is 0 Å². The summed E-state index contributed by atoms with van der Waals surface area (Å²) in [5.41, 5.74) is 9.14. The SMILES string of the molecule is CCCCCCc1ccc(-c2cc3ccc(-c4c5ccccc5c(-c5ccccc5)c5ccccc45)cc3c3ccccc23)cc1. The van der Waals surface area contributed by atoms with Crippen molar-refractivity contribution in [2.75, 3.05) is 0 Å². The second-order valence-electron chi connectivity index (χ2n) is 12.6. The standard InChI is InChI=1S/C46H38/c1-2-3-4-6-15-32-24-26-33(27-25-32)43-30-35-28-29-36(31-44(35)38-19-10-9-18-37(38)43)46-41-22-13-11-20-39(41)45(34-16-7-5-8-17-34)40-21-12-14-23-42(40)46/h5,7-14,16-31H,2-4,6,15H2,1H3. The molecule has 0 atom stereocenters. The van der Waals surface area contributed by atoms with Crippen LogP contribution >= 0.6 is 0 Å². The van der Waals surface area contributed by atoms with Crippen molar-refractivity contribution < 1.29 is 0 Å². The third-order valence-electron chi connectivity index (χ3n) is 9.73. The molecule has 8 aromatic rings. The molecule has 0 aliphatic carbocycles. The second-order valence-corrected chi connectivity index (χ2v) is 12.6. The predicted octanol–water partition coefficient (Wildman–Crippen LogP) is 13.4. The number of rotatable bonds is 8. The molecule has 0 nitrogen and oxygen atoms in total. The highest BCUT2D eigenvalue weighted by atomic mass is 14.2. The Labute approximate surface area is 272 Å². The number of aryl methyl sites for hydroxylation is 1. The summed E-state index contributed by atoms with van der Waals surface area (Å²) in [5.74, 6) is 0. The van der Waals surface area contributed by atoms with Crippen molar-refractivity contribution in [1.29, 1.82) is 0 Å². The molecule has 8 rings (SSSR count). The molecule has 0 spiro atoms. The van der Waals surface area contributed by atoms with Gasteiger partial charge < -0.3 is 0 Å². The Morgan fingerprint density at radius 1 is 0.370 bits per heavy atom. The Hall–Kier alpha value is -5.20. The molecule has 0 amide bonds. The lowest BCUT2D eigenvalue weighted by Gasteiger charge is -2.18. The lowest BCUT2D eigenvalue weighted by molar-refractivity contribution is 0.667. The maximum atomic E-state index is 2.43. The van der Waals surface area contributed by atoms with E-state index in [-0.39, 0.29) is 0 Å². The van der Waals surface area contributed by atoms with Gasteiger partial charge in [0.15, 0.2) is 0 Å². The lowest BCUT2D eigenvalue weighted by atomic mass is 9.85. The maximum Gasteiger partial charge on any atom is -0.00261 e. The Morgan fingerprint density at radius 3 is 1.54 bits per heavy atom. The van der Waals surface area contributed by atoms with Gasteiger partial charge in [-0.2, -0.15) is 0 Å². The normalized spacial score (nSPS) is 11.6. The minimum Gasteiger partial charge on any atom is -0.0654 e. The fourth-order valence-electron chi connectivity index (χ4n) is 7.46. The molecule has 222 valence electrons. The van der Waals surface area contributed by atoms with Crippen molar-refractivity contribution in [1.82, 2.24) is 0 Å². The third kappa shape index (κ3) is 5.05. The smallest absolute Gasteiger partial charge is 0.00261 e. The van der Waals surface area contributed by atoms with Crippen molar-refractivity contribution in [2.45, 2.75) is 39.0 Å². The highest BCUT2D eigenvalue weighted by Gasteiger charge is 2.17. The van der Waals surface area contributed by atoms with Crippen LogP contribution in [0, 0.1) is 0 Å². The number of fused-ring (bicyclic) bond motifs is 5. The van der Waals surface area contributed by atoms with E-state index in [9.17, 15) is 0 Å². The minimum absolute atomic E-state index is 1.16. The molecule has 0 aliphatic rings. The molecule has 0 unspecified atom stereocenters. The van der Waals surface area contributed by atoms with Crippen molar-refractivity contribution in [3.05, 3.63) is 157 Å². The van der Waals surface area contributed by atoms with Crippen LogP contribution in [-0.2, 0) is 6.42 Å². The van der Waals surface area contributed by atoms with Crippen LogP contribution < -0.4 is 0 Å². The molecular weight excluding hydrogens is 553 g/mol. The summed E-state index contributed by atoms with van der Waals surface area (Å²) < 4.78 is 0. The molecule has 0 heteroatoms. The van der Waals surface area contributed by atoms with Crippen LogP contribution in [0.5, 0.6) is 0 Å². The van der Waals surface area contributed by atoms with Gasteiger partial charge >= 0.3 is 0 Å². The van der Waals surface area contributed by atoms with Crippen molar-refractivity contribution in [2.24, 2.45) is 0 Å². The minimum atomic E-state index is 1.16. The first-order valence-electron chi connectivity index (χ1n) is 16.8. The molecule has 0 saturated carbocycles. The van der Waals surface area contributed by atoms with Gasteiger partial charge in [0, 0.05) is 0 Å². The first-order chi connectivity index (χ1) is 22.8. The first kappa shape index (κ1) is 28.3. The average Bonchev–Trinajstić information content (AvgIpc) is 3.12. The number of benzene rings is 8.